The minimum atomic E-state index is -5.10. The van der Waals surface area contributed by atoms with Gasteiger partial charge >= 0.3 is 19.8 Å². The van der Waals surface area contributed by atoms with Gasteiger partial charge in [-0.25, -0.2) is 4.57 Å². The van der Waals surface area contributed by atoms with Crippen LogP contribution in [0, 0.1) is 0 Å². The Bertz CT molecular complexity index is 954. The summed E-state index contributed by atoms with van der Waals surface area (Å²) in [7, 11) is -5.10. The van der Waals surface area contributed by atoms with Crippen LogP contribution >= 0.6 is 7.82 Å². The largest absolute Gasteiger partial charge is 0.472 e. The topological polar surface area (TPSA) is 210 Å². The number of aliphatic hydroxyl groups is 5. The average molecular weight is 783 g/mol. The number of rotatable bonds is 34. The molecule has 1 aliphatic rings. The number of phosphoric acid groups is 1. The first-order valence-corrected chi connectivity index (χ1v) is 22.3. The van der Waals surface area contributed by atoms with Gasteiger partial charge in [-0.05, 0) is 12.8 Å². The van der Waals surface area contributed by atoms with Crippen molar-refractivity contribution in [1.29, 1.82) is 0 Å². The number of esters is 2. The number of unbranched alkanes of at least 4 members (excludes halogenated alkanes) is 22. The maximum absolute atomic E-state index is 12.7. The number of carbonyl (C=O) groups excluding carboxylic acids is 2. The minimum absolute atomic E-state index is 0.104. The van der Waals surface area contributed by atoms with Gasteiger partial charge in [0.15, 0.2) is 6.10 Å². The highest BCUT2D eigenvalue weighted by Crippen LogP contribution is 2.47. The summed E-state index contributed by atoms with van der Waals surface area (Å²) in [4.78, 5) is 35.4. The summed E-state index contributed by atoms with van der Waals surface area (Å²) in [5.74, 6) is -1.10. The van der Waals surface area contributed by atoms with E-state index in [0.29, 0.717) is 12.8 Å². The van der Waals surface area contributed by atoms with Gasteiger partial charge in [0, 0.05) is 12.8 Å². The molecule has 0 aliphatic heterocycles. The molecule has 14 heteroatoms. The molecule has 0 amide bonds. The summed E-state index contributed by atoms with van der Waals surface area (Å²) in [6.45, 7) is 3.24. The summed E-state index contributed by atoms with van der Waals surface area (Å²) in [5, 5.41) is 49.9. The van der Waals surface area contributed by atoms with Crippen molar-refractivity contribution in [3.8, 4) is 0 Å². The van der Waals surface area contributed by atoms with Gasteiger partial charge in [0.25, 0.3) is 0 Å². The Hall–Kier alpha value is -1.15. The Kier molecular flexibility index (Phi) is 29.2. The van der Waals surface area contributed by atoms with Gasteiger partial charge in [-0.1, -0.05) is 155 Å². The second-order valence-electron chi connectivity index (χ2n) is 14.9. The summed E-state index contributed by atoms with van der Waals surface area (Å²) >= 11 is 0. The summed E-state index contributed by atoms with van der Waals surface area (Å²) in [5.41, 5.74) is 0. The van der Waals surface area contributed by atoms with Crippen molar-refractivity contribution in [3.63, 3.8) is 0 Å². The molecule has 0 aromatic rings. The first-order valence-electron chi connectivity index (χ1n) is 20.8. The number of carbonyl (C=O) groups is 2. The zero-order valence-electron chi connectivity index (χ0n) is 32.8. The van der Waals surface area contributed by atoms with Gasteiger partial charge in [-0.3, -0.25) is 18.6 Å². The van der Waals surface area contributed by atoms with E-state index in [2.05, 4.69) is 13.8 Å². The van der Waals surface area contributed by atoms with Crippen LogP contribution in [0.3, 0.4) is 0 Å². The van der Waals surface area contributed by atoms with E-state index in [1.165, 1.54) is 89.9 Å². The molecule has 53 heavy (non-hydrogen) atoms. The van der Waals surface area contributed by atoms with Crippen LogP contribution in [-0.4, -0.2) is 98.3 Å². The lowest BCUT2D eigenvalue weighted by Gasteiger charge is -2.41. The smallest absolute Gasteiger partial charge is 0.462 e. The van der Waals surface area contributed by atoms with Crippen molar-refractivity contribution < 1.29 is 63.1 Å². The first kappa shape index (κ1) is 49.9. The normalized spacial score (nSPS) is 23.4. The molecule has 0 aromatic carbocycles. The molecule has 0 aromatic heterocycles. The number of hydrogen-bond donors (Lipinski definition) is 6. The highest BCUT2D eigenvalue weighted by Gasteiger charge is 2.51. The van der Waals surface area contributed by atoms with Crippen LogP contribution in [0.2, 0.25) is 0 Å². The molecule has 1 aliphatic carbocycles. The van der Waals surface area contributed by atoms with Crippen molar-refractivity contribution >= 4 is 19.8 Å². The Morgan fingerprint density at radius 3 is 1.25 bits per heavy atom. The molecule has 314 valence electrons. The number of hydrogen-bond acceptors (Lipinski definition) is 12. The molecule has 0 radical (unpaired) electrons. The van der Waals surface area contributed by atoms with Gasteiger partial charge in [0.2, 0.25) is 0 Å². The molecule has 0 saturated heterocycles. The standard InChI is InChI=1S/C39H75O13P/c1-3-5-7-9-11-12-13-14-15-16-17-18-19-20-22-24-26-28-33(41)51-31(29-49-32(40)27-25-23-21-10-8-6-4-2)30-50-53(47,48)52-39-37(45)35(43)34(42)36(44)38(39)46/h31,34-39,42-46H,3-30H2,1-2H3,(H,47,48)/t31-,34?,35-,36?,37?,38?,39?/m1/s1. The van der Waals surface area contributed by atoms with Crippen LogP contribution in [0.25, 0.3) is 0 Å². The van der Waals surface area contributed by atoms with E-state index < -0.39 is 75.7 Å². The second kappa shape index (κ2) is 31.0. The van der Waals surface area contributed by atoms with Crippen LogP contribution in [0.15, 0.2) is 0 Å². The second-order valence-corrected chi connectivity index (χ2v) is 16.3. The van der Waals surface area contributed by atoms with Crippen LogP contribution in [-0.2, 0) is 32.7 Å². The van der Waals surface area contributed by atoms with Gasteiger partial charge < -0.3 is 39.9 Å². The molecule has 0 bridgehead atoms. The highest BCUT2D eigenvalue weighted by atomic mass is 31.2. The van der Waals surface area contributed by atoms with E-state index in [1.54, 1.807) is 0 Å². The van der Waals surface area contributed by atoms with Gasteiger partial charge in [-0.2, -0.15) is 0 Å². The lowest BCUT2D eigenvalue weighted by molar-refractivity contribution is -0.220. The molecule has 1 fully saturated rings. The highest BCUT2D eigenvalue weighted by molar-refractivity contribution is 7.47. The SMILES string of the molecule is CCCCCCCCCCCCCCCCCCCC(=O)O[C@H](COC(=O)CCCCCCCCC)COP(=O)(O)OC1C(O)C(O)C(O)[C@@H](O)C1O. The van der Waals surface area contributed by atoms with Gasteiger partial charge in [0.05, 0.1) is 6.61 Å². The lowest BCUT2D eigenvalue weighted by atomic mass is 9.85. The predicted molar refractivity (Wildman–Crippen MR) is 203 cm³/mol. The third-order valence-electron chi connectivity index (χ3n) is 9.95. The summed E-state index contributed by atoms with van der Waals surface area (Å²) < 4.78 is 33.3. The third kappa shape index (κ3) is 24.2. The van der Waals surface area contributed by atoms with Crippen molar-refractivity contribution in [1.82, 2.24) is 0 Å². The fourth-order valence-electron chi connectivity index (χ4n) is 6.52. The number of phosphoric ester groups is 1. The predicted octanol–water partition coefficient (Wildman–Crippen LogP) is 6.94. The Balaban J connectivity index is 2.44. The van der Waals surface area contributed by atoms with Crippen molar-refractivity contribution in [3.05, 3.63) is 0 Å². The summed E-state index contributed by atoms with van der Waals surface area (Å²) in [6, 6.07) is 0. The van der Waals surface area contributed by atoms with Crippen LogP contribution in [0.5, 0.6) is 0 Å². The molecule has 1 rings (SSSR count). The fourth-order valence-corrected chi connectivity index (χ4v) is 7.50. The number of ether oxygens (including phenoxy) is 2. The van der Waals surface area contributed by atoms with E-state index in [1.807, 2.05) is 0 Å². The molecule has 6 N–H and O–H groups in total. The molecule has 0 spiro atoms. The quantitative estimate of drug-likeness (QED) is 0.0222. The lowest BCUT2D eigenvalue weighted by Crippen LogP contribution is -2.64. The van der Waals surface area contributed by atoms with E-state index in [9.17, 15) is 44.6 Å². The zero-order valence-corrected chi connectivity index (χ0v) is 33.7. The van der Waals surface area contributed by atoms with Crippen molar-refractivity contribution in [2.24, 2.45) is 0 Å². The molecular formula is C39H75O13P. The van der Waals surface area contributed by atoms with E-state index >= 15 is 0 Å². The maximum Gasteiger partial charge on any atom is 0.472 e. The Morgan fingerprint density at radius 2 is 0.849 bits per heavy atom. The molecule has 0 heterocycles. The molecule has 1 saturated carbocycles. The fraction of sp³-hybridized carbons (Fsp3) is 0.949. The maximum atomic E-state index is 12.7. The summed E-state index contributed by atoms with van der Waals surface area (Å²) in [6.07, 6.45) is 14.9. The molecule has 8 atom stereocenters. The van der Waals surface area contributed by atoms with Crippen LogP contribution < -0.4 is 0 Å². The molecular weight excluding hydrogens is 707 g/mol. The molecule has 13 nitrogen and oxygen atoms in total. The van der Waals surface area contributed by atoms with E-state index in [4.69, 9.17) is 18.5 Å². The van der Waals surface area contributed by atoms with Crippen molar-refractivity contribution in [2.75, 3.05) is 13.2 Å². The minimum Gasteiger partial charge on any atom is -0.462 e. The molecule has 6 unspecified atom stereocenters. The van der Waals surface area contributed by atoms with E-state index in [0.717, 1.165) is 51.4 Å². The van der Waals surface area contributed by atoms with Crippen LogP contribution in [0.1, 0.15) is 181 Å². The third-order valence-corrected chi connectivity index (χ3v) is 10.9. The zero-order chi connectivity index (χ0) is 39.3. The van der Waals surface area contributed by atoms with Gasteiger partial charge in [0.1, 0.15) is 43.2 Å². The average Bonchev–Trinajstić information content (AvgIpc) is 3.13. The number of aliphatic hydroxyl groups excluding tert-OH is 5. The monoisotopic (exact) mass is 782 g/mol. The van der Waals surface area contributed by atoms with Crippen molar-refractivity contribution in [2.45, 2.75) is 224 Å². The van der Waals surface area contributed by atoms with Gasteiger partial charge in [-0.15, -0.1) is 0 Å². The Morgan fingerprint density at radius 1 is 0.509 bits per heavy atom. The van der Waals surface area contributed by atoms with Crippen LogP contribution in [0.4, 0.5) is 0 Å². The Labute approximate surface area is 319 Å². The van der Waals surface area contributed by atoms with E-state index in [-0.39, 0.29) is 12.8 Å². The first-order chi connectivity index (χ1) is 25.4.